The maximum atomic E-state index is 8.63. The summed E-state index contributed by atoms with van der Waals surface area (Å²) in [5.74, 6) is 0.0394. The molecule has 0 rings (SSSR count). The lowest BCUT2D eigenvalue weighted by molar-refractivity contribution is 0.432. The molecule has 0 saturated heterocycles. The number of hydrogen-bond acceptors (Lipinski definition) is 2. The molecular formula is C6H9NO. The maximum Gasteiger partial charge on any atom is 0.117 e. The van der Waals surface area contributed by atoms with Gasteiger partial charge in [0.1, 0.15) is 5.76 Å². The van der Waals surface area contributed by atoms with E-state index in [0.29, 0.717) is 5.70 Å². The lowest BCUT2D eigenvalue weighted by atomic mass is 10.4. The third-order valence-electron chi connectivity index (χ3n) is 0.542. The molecule has 2 nitrogen and oxygen atoms in total. The zero-order chi connectivity index (χ0) is 6.57. The van der Waals surface area contributed by atoms with Crippen LogP contribution in [0.1, 0.15) is 0 Å². The second-order valence-corrected chi connectivity index (χ2v) is 1.35. The molecule has 2 heteroatoms. The Hall–Kier alpha value is -1.18. The summed E-state index contributed by atoms with van der Waals surface area (Å²) in [7, 11) is 0. The van der Waals surface area contributed by atoms with E-state index in [1.807, 2.05) is 0 Å². The van der Waals surface area contributed by atoms with Crippen LogP contribution in [0.3, 0.4) is 0 Å². The van der Waals surface area contributed by atoms with Gasteiger partial charge in [-0.1, -0.05) is 13.2 Å². The van der Waals surface area contributed by atoms with Gasteiger partial charge in [-0.2, -0.15) is 0 Å². The van der Waals surface area contributed by atoms with E-state index in [1.165, 1.54) is 12.2 Å². The average Bonchev–Trinajstić information content (AvgIpc) is 1.65. The van der Waals surface area contributed by atoms with Crippen LogP contribution in [0.2, 0.25) is 0 Å². The average molecular weight is 111 g/mol. The minimum Gasteiger partial charge on any atom is -0.508 e. The summed E-state index contributed by atoms with van der Waals surface area (Å²) in [4.78, 5) is 0. The van der Waals surface area contributed by atoms with E-state index < -0.39 is 0 Å². The molecule has 0 heterocycles. The third-order valence-corrected chi connectivity index (χ3v) is 0.542. The van der Waals surface area contributed by atoms with Gasteiger partial charge in [-0.3, -0.25) is 0 Å². The fourth-order valence-corrected chi connectivity index (χ4v) is 0.249. The molecule has 8 heavy (non-hydrogen) atoms. The summed E-state index contributed by atoms with van der Waals surface area (Å²) in [6.07, 6.45) is 2.62. The highest BCUT2D eigenvalue weighted by Gasteiger charge is 1.80. The molecule has 0 saturated carbocycles. The standard InChI is InChI=1S/C6H9NO/c1-3-6(8)4-5(2)7/h3-4,8H,1-2,7H2/b6-4+. The number of rotatable bonds is 2. The van der Waals surface area contributed by atoms with Gasteiger partial charge >= 0.3 is 0 Å². The first-order chi connectivity index (χ1) is 3.66. The molecule has 0 unspecified atom stereocenters. The van der Waals surface area contributed by atoms with Crippen LogP contribution in [0.5, 0.6) is 0 Å². The Morgan fingerprint density at radius 3 is 2.25 bits per heavy atom. The van der Waals surface area contributed by atoms with Crippen molar-refractivity contribution in [3.63, 3.8) is 0 Å². The van der Waals surface area contributed by atoms with Crippen LogP contribution in [0.4, 0.5) is 0 Å². The summed E-state index contributed by atoms with van der Waals surface area (Å²) in [5, 5.41) is 8.63. The first kappa shape index (κ1) is 6.82. The molecule has 0 aromatic heterocycles. The summed E-state index contributed by atoms with van der Waals surface area (Å²) >= 11 is 0. The highest BCUT2D eigenvalue weighted by atomic mass is 16.3. The number of hydrogen-bond donors (Lipinski definition) is 2. The van der Waals surface area contributed by atoms with Gasteiger partial charge < -0.3 is 10.8 Å². The smallest absolute Gasteiger partial charge is 0.117 e. The molecule has 0 spiro atoms. The summed E-state index contributed by atoms with van der Waals surface area (Å²) < 4.78 is 0. The van der Waals surface area contributed by atoms with Crippen molar-refractivity contribution in [1.82, 2.24) is 0 Å². The molecule has 44 valence electrons. The van der Waals surface area contributed by atoms with Crippen molar-refractivity contribution >= 4 is 0 Å². The Labute approximate surface area is 48.6 Å². The lowest BCUT2D eigenvalue weighted by Crippen LogP contribution is -1.90. The molecule has 0 aromatic rings. The lowest BCUT2D eigenvalue weighted by Gasteiger charge is -1.87. The van der Waals surface area contributed by atoms with Gasteiger partial charge in [0.2, 0.25) is 0 Å². The van der Waals surface area contributed by atoms with Crippen molar-refractivity contribution in [3.8, 4) is 0 Å². The molecule has 0 fully saturated rings. The van der Waals surface area contributed by atoms with E-state index in [9.17, 15) is 0 Å². The first-order valence-electron chi connectivity index (χ1n) is 2.14. The van der Waals surface area contributed by atoms with Crippen molar-refractivity contribution in [1.29, 1.82) is 0 Å². The minimum absolute atomic E-state index is 0.0394. The van der Waals surface area contributed by atoms with Gasteiger partial charge in [-0.25, -0.2) is 0 Å². The third kappa shape index (κ3) is 3.03. The molecule has 0 aliphatic rings. The fraction of sp³-hybridized carbons (Fsp3) is 0. The highest BCUT2D eigenvalue weighted by molar-refractivity contribution is 5.19. The zero-order valence-electron chi connectivity index (χ0n) is 4.59. The van der Waals surface area contributed by atoms with Crippen LogP contribution in [0.15, 0.2) is 36.8 Å². The van der Waals surface area contributed by atoms with Gasteiger partial charge in [0.05, 0.1) is 0 Å². The van der Waals surface area contributed by atoms with Crippen molar-refractivity contribution < 1.29 is 5.11 Å². The predicted molar refractivity (Wildman–Crippen MR) is 34.2 cm³/mol. The van der Waals surface area contributed by atoms with Gasteiger partial charge in [0, 0.05) is 11.8 Å². The van der Waals surface area contributed by atoms with E-state index in [0.717, 1.165) is 0 Å². The molecular weight excluding hydrogens is 102 g/mol. The van der Waals surface area contributed by atoms with E-state index >= 15 is 0 Å². The van der Waals surface area contributed by atoms with Crippen molar-refractivity contribution in [3.05, 3.63) is 36.8 Å². The van der Waals surface area contributed by atoms with Crippen LogP contribution in [-0.4, -0.2) is 5.11 Å². The highest BCUT2D eigenvalue weighted by Crippen LogP contribution is 1.90. The molecule has 3 N–H and O–H groups in total. The number of aliphatic hydroxyl groups is 1. The van der Waals surface area contributed by atoms with Crippen LogP contribution >= 0.6 is 0 Å². The topological polar surface area (TPSA) is 46.2 Å². The Bertz CT molecular complexity index is 135. The fourth-order valence-electron chi connectivity index (χ4n) is 0.249. The van der Waals surface area contributed by atoms with E-state index in [1.54, 1.807) is 0 Å². The quantitative estimate of drug-likeness (QED) is 0.414. The van der Waals surface area contributed by atoms with Crippen molar-refractivity contribution in [2.75, 3.05) is 0 Å². The molecule has 0 atom stereocenters. The number of allylic oxidation sites excluding steroid dienone is 2. The van der Waals surface area contributed by atoms with Gasteiger partial charge in [0.25, 0.3) is 0 Å². The van der Waals surface area contributed by atoms with Gasteiger partial charge in [-0.15, -0.1) is 0 Å². The Morgan fingerprint density at radius 1 is 1.62 bits per heavy atom. The predicted octanol–water partition coefficient (Wildman–Crippen LogP) is 1.09. The molecule has 0 bridgehead atoms. The Kier molecular flexibility index (Phi) is 2.48. The molecule has 0 aromatic carbocycles. The number of nitrogens with two attached hydrogens (primary N) is 1. The summed E-state index contributed by atoms with van der Waals surface area (Å²) in [6, 6.07) is 0. The first-order valence-corrected chi connectivity index (χ1v) is 2.14. The number of aliphatic hydroxyl groups excluding tert-OH is 1. The zero-order valence-corrected chi connectivity index (χ0v) is 4.59. The second kappa shape index (κ2) is 2.91. The SMILES string of the molecule is C=C/C(O)=C\C(=C)N. The van der Waals surface area contributed by atoms with E-state index in [2.05, 4.69) is 13.2 Å². The largest absolute Gasteiger partial charge is 0.508 e. The molecule has 0 amide bonds. The van der Waals surface area contributed by atoms with E-state index in [-0.39, 0.29) is 5.76 Å². The summed E-state index contributed by atoms with van der Waals surface area (Å²) in [5.41, 5.74) is 5.41. The second-order valence-electron chi connectivity index (χ2n) is 1.35. The normalized spacial score (nSPS) is 10.8. The molecule has 0 aliphatic heterocycles. The Balaban J connectivity index is 3.94. The monoisotopic (exact) mass is 111 g/mol. The van der Waals surface area contributed by atoms with E-state index in [4.69, 9.17) is 10.8 Å². The van der Waals surface area contributed by atoms with Crippen molar-refractivity contribution in [2.45, 2.75) is 0 Å². The van der Waals surface area contributed by atoms with Crippen LogP contribution in [-0.2, 0) is 0 Å². The summed E-state index contributed by atoms with van der Waals surface area (Å²) in [6.45, 7) is 6.64. The minimum atomic E-state index is 0.0394. The molecule has 0 aliphatic carbocycles. The van der Waals surface area contributed by atoms with Crippen LogP contribution < -0.4 is 5.73 Å². The van der Waals surface area contributed by atoms with Crippen LogP contribution in [0.25, 0.3) is 0 Å². The van der Waals surface area contributed by atoms with Crippen LogP contribution in [0, 0.1) is 0 Å². The maximum absolute atomic E-state index is 8.63. The van der Waals surface area contributed by atoms with Gasteiger partial charge in [0.15, 0.2) is 0 Å². The van der Waals surface area contributed by atoms with Crippen molar-refractivity contribution in [2.24, 2.45) is 5.73 Å². The Morgan fingerprint density at radius 2 is 2.12 bits per heavy atom. The van der Waals surface area contributed by atoms with Gasteiger partial charge in [-0.05, 0) is 6.08 Å². The molecule has 0 radical (unpaired) electrons.